The fourth-order valence-electron chi connectivity index (χ4n) is 5.48. The maximum Gasteiger partial charge on any atom is 0.237 e. The largest absolute Gasteiger partial charge is 0.507 e. The molecule has 6 heteroatoms. The number of likely N-dealkylation sites (tertiary alicyclic amines) is 1. The quantitative estimate of drug-likeness (QED) is 0.241. The van der Waals surface area contributed by atoms with Crippen LogP contribution in [-0.4, -0.2) is 47.7 Å². The van der Waals surface area contributed by atoms with Gasteiger partial charge in [-0.15, -0.1) is 13.2 Å². The molecule has 0 radical (unpaired) electrons. The third-order valence-electron chi connectivity index (χ3n) is 7.61. The number of amides is 1. The molecule has 1 amide bonds. The van der Waals surface area contributed by atoms with E-state index in [4.69, 9.17) is 10.5 Å². The molecule has 1 aliphatic heterocycles. The number of nitrogens with one attached hydrogen (secondary N) is 1. The number of aromatic hydroxyl groups is 1. The summed E-state index contributed by atoms with van der Waals surface area (Å²) < 4.78 is 5.95. The molecule has 1 aliphatic rings. The predicted octanol–water partition coefficient (Wildman–Crippen LogP) is 5.57. The molecule has 0 saturated carbocycles. The summed E-state index contributed by atoms with van der Waals surface area (Å²) in [6.07, 6.45) is 7.39. The van der Waals surface area contributed by atoms with E-state index in [2.05, 4.69) is 35.5 Å². The van der Waals surface area contributed by atoms with Gasteiger partial charge in [-0.05, 0) is 73.9 Å². The summed E-state index contributed by atoms with van der Waals surface area (Å²) in [5.41, 5.74) is 12.0. The number of piperidine rings is 1. The maximum absolute atomic E-state index is 12.7. The zero-order valence-corrected chi connectivity index (χ0v) is 24.1. The standard InChI is InChI=1S/C35H43N3O3/c1-4-10-25-14-15-33(41-6-3)30(21-25)31-22-27(11-5-2)20-28(34(31)39)24-38-18-16-29(17-19-38)37-35(40)32(36)23-26-12-8-7-9-13-26/h4-5,7-9,12-15,20-22,29,32,39H,1-2,6,10-11,16-19,23-24,36H2,3H3,(H,37,40)/t32-/m0/s1. The first-order valence-corrected chi connectivity index (χ1v) is 14.6. The number of phenolic OH excluding ortho intramolecular Hbond substituents is 1. The molecule has 216 valence electrons. The Morgan fingerprint density at radius 3 is 2.39 bits per heavy atom. The average molecular weight is 554 g/mol. The number of phenols is 1. The molecular formula is C35H43N3O3. The molecule has 6 nitrogen and oxygen atoms in total. The predicted molar refractivity (Wildman–Crippen MR) is 167 cm³/mol. The average Bonchev–Trinajstić information content (AvgIpc) is 2.97. The number of benzene rings is 3. The number of carbonyl (C=O) groups excluding carboxylic acids is 1. The number of ether oxygens (including phenoxy) is 1. The molecule has 0 aliphatic carbocycles. The molecule has 0 spiro atoms. The van der Waals surface area contributed by atoms with E-state index in [0.29, 0.717) is 26.0 Å². The number of nitrogens with two attached hydrogens (primary N) is 1. The molecule has 0 aromatic heterocycles. The van der Waals surface area contributed by atoms with E-state index in [9.17, 15) is 9.90 Å². The second kappa shape index (κ2) is 14.7. The van der Waals surface area contributed by atoms with Crippen LogP contribution in [0.2, 0.25) is 0 Å². The Morgan fingerprint density at radius 2 is 1.71 bits per heavy atom. The van der Waals surface area contributed by atoms with E-state index in [1.165, 1.54) is 0 Å². The van der Waals surface area contributed by atoms with Gasteiger partial charge in [0.2, 0.25) is 5.91 Å². The van der Waals surface area contributed by atoms with Gasteiger partial charge in [-0.2, -0.15) is 0 Å². The number of rotatable bonds is 13. The monoisotopic (exact) mass is 553 g/mol. The number of allylic oxidation sites excluding steroid dienone is 2. The number of hydrogen-bond donors (Lipinski definition) is 3. The van der Waals surface area contributed by atoms with Crippen LogP contribution in [0.5, 0.6) is 11.5 Å². The van der Waals surface area contributed by atoms with Gasteiger partial charge >= 0.3 is 0 Å². The number of hydrogen-bond acceptors (Lipinski definition) is 5. The molecule has 3 aromatic carbocycles. The first kappa shape index (κ1) is 30.1. The molecule has 1 atom stereocenters. The molecule has 4 rings (SSSR count). The van der Waals surface area contributed by atoms with Crippen molar-refractivity contribution < 1.29 is 14.6 Å². The fourth-order valence-corrected chi connectivity index (χ4v) is 5.48. The van der Waals surface area contributed by atoms with Crippen LogP contribution in [0.1, 0.15) is 42.0 Å². The maximum atomic E-state index is 12.7. The van der Waals surface area contributed by atoms with Gasteiger partial charge in [0.25, 0.3) is 0 Å². The van der Waals surface area contributed by atoms with Gasteiger partial charge < -0.3 is 20.9 Å². The van der Waals surface area contributed by atoms with Crippen molar-refractivity contribution in [3.8, 4) is 22.6 Å². The minimum absolute atomic E-state index is 0.0955. The SMILES string of the molecule is C=CCc1ccc(OCC)c(-c2cc(CC=C)cc(CN3CCC(NC(=O)[C@@H](N)Cc4ccccc4)CC3)c2O)c1. The number of nitrogens with zero attached hydrogens (tertiary/aromatic N) is 1. The van der Waals surface area contributed by atoms with E-state index in [1.54, 1.807) is 0 Å². The zero-order chi connectivity index (χ0) is 29.2. The molecule has 4 N–H and O–H groups in total. The second-order valence-electron chi connectivity index (χ2n) is 10.8. The van der Waals surface area contributed by atoms with E-state index in [1.807, 2.05) is 67.6 Å². The normalized spacial score (nSPS) is 14.8. The lowest BCUT2D eigenvalue weighted by Crippen LogP contribution is -2.50. The van der Waals surface area contributed by atoms with Crippen LogP contribution < -0.4 is 15.8 Å². The molecule has 0 bridgehead atoms. The van der Waals surface area contributed by atoms with E-state index >= 15 is 0 Å². The highest BCUT2D eigenvalue weighted by molar-refractivity contribution is 5.82. The van der Waals surface area contributed by atoms with Crippen LogP contribution >= 0.6 is 0 Å². The lowest BCUT2D eigenvalue weighted by Gasteiger charge is -2.33. The van der Waals surface area contributed by atoms with Gasteiger partial charge in [0.15, 0.2) is 0 Å². The first-order chi connectivity index (χ1) is 19.9. The Balaban J connectivity index is 1.46. The van der Waals surface area contributed by atoms with Crippen LogP contribution in [0.25, 0.3) is 11.1 Å². The summed E-state index contributed by atoms with van der Waals surface area (Å²) in [7, 11) is 0. The second-order valence-corrected chi connectivity index (χ2v) is 10.8. The van der Waals surface area contributed by atoms with Crippen molar-refractivity contribution in [3.05, 3.63) is 108 Å². The van der Waals surface area contributed by atoms with Crippen LogP contribution in [0.3, 0.4) is 0 Å². The van der Waals surface area contributed by atoms with Crippen LogP contribution in [-0.2, 0) is 30.6 Å². The summed E-state index contributed by atoms with van der Waals surface area (Å²) in [6.45, 7) is 12.6. The summed E-state index contributed by atoms with van der Waals surface area (Å²) in [4.78, 5) is 15.1. The molecule has 3 aromatic rings. The lowest BCUT2D eigenvalue weighted by atomic mass is 9.94. The van der Waals surface area contributed by atoms with Crippen molar-refractivity contribution in [2.45, 2.75) is 57.7 Å². The van der Waals surface area contributed by atoms with E-state index < -0.39 is 6.04 Å². The van der Waals surface area contributed by atoms with Gasteiger partial charge in [0.1, 0.15) is 11.5 Å². The lowest BCUT2D eigenvalue weighted by molar-refractivity contribution is -0.123. The van der Waals surface area contributed by atoms with E-state index in [-0.39, 0.29) is 17.7 Å². The Labute approximate surface area is 244 Å². The molecular weight excluding hydrogens is 510 g/mol. The molecule has 41 heavy (non-hydrogen) atoms. The Bertz CT molecular complexity index is 1330. The smallest absolute Gasteiger partial charge is 0.237 e. The van der Waals surface area contributed by atoms with Crippen molar-refractivity contribution in [2.75, 3.05) is 19.7 Å². The minimum Gasteiger partial charge on any atom is -0.507 e. The van der Waals surface area contributed by atoms with Crippen molar-refractivity contribution in [1.82, 2.24) is 10.2 Å². The summed E-state index contributed by atoms with van der Waals surface area (Å²) >= 11 is 0. The molecule has 1 heterocycles. The van der Waals surface area contributed by atoms with Crippen LogP contribution in [0, 0.1) is 0 Å². The van der Waals surface area contributed by atoms with Crippen LogP contribution in [0.4, 0.5) is 0 Å². The van der Waals surface area contributed by atoms with Gasteiger partial charge in [0, 0.05) is 42.4 Å². The van der Waals surface area contributed by atoms with Gasteiger partial charge in [0.05, 0.1) is 12.6 Å². The fraction of sp³-hybridized carbons (Fsp3) is 0.343. The minimum atomic E-state index is -0.565. The Morgan fingerprint density at radius 1 is 1.02 bits per heavy atom. The Hall–Kier alpha value is -3.87. The molecule has 1 fully saturated rings. The van der Waals surface area contributed by atoms with Gasteiger partial charge in [-0.25, -0.2) is 0 Å². The summed E-state index contributed by atoms with van der Waals surface area (Å²) in [5, 5.41) is 14.7. The zero-order valence-electron chi connectivity index (χ0n) is 24.1. The highest BCUT2D eigenvalue weighted by Crippen LogP contribution is 2.40. The highest BCUT2D eigenvalue weighted by Gasteiger charge is 2.25. The van der Waals surface area contributed by atoms with Crippen LogP contribution in [0.15, 0.2) is 86.0 Å². The third-order valence-corrected chi connectivity index (χ3v) is 7.61. The Kier molecular flexibility index (Phi) is 10.8. The number of carbonyl (C=O) groups is 1. The van der Waals surface area contributed by atoms with E-state index in [0.717, 1.165) is 71.5 Å². The molecule has 1 saturated heterocycles. The van der Waals surface area contributed by atoms with Crippen molar-refractivity contribution >= 4 is 5.91 Å². The third kappa shape index (κ3) is 8.09. The molecule has 0 unspecified atom stereocenters. The van der Waals surface area contributed by atoms with Crippen molar-refractivity contribution in [3.63, 3.8) is 0 Å². The summed E-state index contributed by atoms with van der Waals surface area (Å²) in [6, 6.07) is 19.6. The topological polar surface area (TPSA) is 87.8 Å². The highest BCUT2D eigenvalue weighted by atomic mass is 16.5. The van der Waals surface area contributed by atoms with Gasteiger partial charge in [-0.3, -0.25) is 9.69 Å². The van der Waals surface area contributed by atoms with Crippen molar-refractivity contribution in [1.29, 1.82) is 0 Å². The van der Waals surface area contributed by atoms with Gasteiger partial charge in [-0.1, -0.05) is 54.6 Å². The summed E-state index contributed by atoms with van der Waals surface area (Å²) in [5.74, 6) is 0.923. The van der Waals surface area contributed by atoms with Crippen molar-refractivity contribution in [2.24, 2.45) is 5.73 Å². The first-order valence-electron chi connectivity index (χ1n) is 14.6.